The Hall–Kier alpha value is -2.36. The Morgan fingerprint density at radius 2 is 2.14 bits per heavy atom. The standard InChI is InChI=1S/C18H21N3O/c1-12(2)17-8-5-11-21(17)18(22)20-16-7-4-6-15-14(16)10-9-13(3)19-15/h4-10,12,17H,11H2,1-3H3,(H,20,22)/t17-/m0/s1. The van der Waals surface area contributed by atoms with Crippen LogP contribution in [0.5, 0.6) is 0 Å². The van der Waals surface area contributed by atoms with Gasteiger partial charge in [-0.3, -0.25) is 4.98 Å². The maximum atomic E-state index is 12.6. The van der Waals surface area contributed by atoms with Gasteiger partial charge in [0.05, 0.1) is 17.2 Å². The van der Waals surface area contributed by atoms with Crippen LogP contribution in [0.3, 0.4) is 0 Å². The Labute approximate surface area is 130 Å². The molecule has 1 aromatic heterocycles. The molecule has 0 radical (unpaired) electrons. The summed E-state index contributed by atoms with van der Waals surface area (Å²) in [5.74, 6) is 0.404. The Bertz CT molecular complexity index is 736. The van der Waals surface area contributed by atoms with Gasteiger partial charge in [0.25, 0.3) is 0 Å². The first-order chi connectivity index (χ1) is 10.6. The molecule has 0 spiro atoms. The Balaban J connectivity index is 1.86. The van der Waals surface area contributed by atoms with Crippen molar-refractivity contribution in [3.8, 4) is 0 Å². The monoisotopic (exact) mass is 295 g/mol. The molecule has 3 rings (SSSR count). The second kappa shape index (κ2) is 5.79. The second-order valence-electron chi connectivity index (χ2n) is 6.07. The summed E-state index contributed by atoms with van der Waals surface area (Å²) in [7, 11) is 0. The highest BCUT2D eigenvalue weighted by molar-refractivity contribution is 6.00. The van der Waals surface area contributed by atoms with E-state index in [9.17, 15) is 4.79 Å². The van der Waals surface area contributed by atoms with Crippen LogP contribution in [0.2, 0.25) is 0 Å². The molecule has 1 aliphatic heterocycles. The van der Waals surface area contributed by atoms with Gasteiger partial charge < -0.3 is 10.2 Å². The molecule has 0 unspecified atom stereocenters. The number of pyridine rings is 1. The van der Waals surface area contributed by atoms with Gasteiger partial charge in [-0.05, 0) is 37.1 Å². The van der Waals surface area contributed by atoms with Gasteiger partial charge in [-0.1, -0.05) is 32.1 Å². The SMILES string of the molecule is Cc1ccc2c(NC(=O)N3CC=C[C@H]3C(C)C)cccc2n1. The number of urea groups is 1. The number of fused-ring (bicyclic) bond motifs is 1. The fourth-order valence-electron chi connectivity index (χ4n) is 2.89. The number of aromatic nitrogens is 1. The summed E-state index contributed by atoms with van der Waals surface area (Å²) in [5.41, 5.74) is 2.68. The van der Waals surface area contributed by atoms with Gasteiger partial charge in [0.15, 0.2) is 0 Å². The number of carbonyl (C=O) groups is 1. The van der Waals surface area contributed by atoms with Crippen LogP contribution >= 0.6 is 0 Å². The lowest BCUT2D eigenvalue weighted by Gasteiger charge is -2.27. The number of carbonyl (C=O) groups excluding carboxylic acids is 1. The van der Waals surface area contributed by atoms with Gasteiger partial charge in [0.1, 0.15) is 0 Å². The normalized spacial score (nSPS) is 17.5. The van der Waals surface area contributed by atoms with Crippen molar-refractivity contribution in [2.45, 2.75) is 26.8 Å². The van der Waals surface area contributed by atoms with Gasteiger partial charge >= 0.3 is 6.03 Å². The molecule has 0 saturated carbocycles. The predicted octanol–water partition coefficient (Wildman–Crippen LogP) is 3.97. The van der Waals surface area contributed by atoms with Crippen LogP contribution in [0.25, 0.3) is 10.9 Å². The molecule has 2 aromatic rings. The minimum Gasteiger partial charge on any atom is -0.314 e. The lowest BCUT2D eigenvalue weighted by molar-refractivity contribution is 0.199. The molecular formula is C18H21N3O. The summed E-state index contributed by atoms with van der Waals surface area (Å²) in [4.78, 5) is 19.0. The topological polar surface area (TPSA) is 45.2 Å². The largest absolute Gasteiger partial charge is 0.322 e. The molecular weight excluding hydrogens is 274 g/mol. The highest BCUT2D eigenvalue weighted by Gasteiger charge is 2.27. The summed E-state index contributed by atoms with van der Waals surface area (Å²) in [6, 6.07) is 9.89. The number of aryl methyl sites for hydroxylation is 1. The fraction of sp³-hybridized carbons (Fsp3) is 0.333. The van der Waals surface area contributed by atoms with E-state index in [-0.39, 0.29) is 12.1 Å². The van der Waals surface area contributed by atoms with E-state index in [0.717, 1.165) is 22.3 Å². The van der Waals surface area contributed by atoms with Crippen LogP contribution in [-0.4, -0.2) is 28.5 Å². The van der Waals surface area contributed by atoms with Crippen molar-refractivity contribution in [3.05, 3.63) is 48.2 Å². The minimum atomic E-state index is -0.0585. The smallest absolute Gasteiger partial charge is 0.314 e. The van der Waals surface area contributed by atoms with E-state index in [1.165, 1.54) is 0 Å². The lowest BCUT2D eigenvalue weighted by Crippen LogP contribution is -2.41. The molecule has 0 aliphatic carbocycles. The lowest BCUT2D eigenvalue weighted by atomic mass is 10.1. The van der Waals surface area contributed by atoms with E-state index in [4.69, 9.17) is 0 Å². The molecule has 4 heteroatoms. The fourth-order valence-corrected chi connectivity index (χ4v) is 2.89. The third kappa shape index (κ3) is 2.69. The van der Waals surface area contributed by atoms with Crippen LogP contribution in [0.4, 0.5) is 10.5 Å². The number of anilines is 1. The molecule has 4 nitrogen and oxygen atoms in total. The van der Waals surface area contributed by atoms with Gasteiger partial charge in [-0.25, -0.2) is 4.79 Å². The van der Waals surface area contributed by atoms with Crippen LogP contribution in [0.15, 0.2) is 42.5 Å². The average molecular weight is 295 g/mol. The van der Waals surface area contributed by atoms with Crippen molar-refractivity contribution >= 4 is 22.6 Å². The molecule has 2 amide bonds. The number of nitrogens with zero attached hydrogens (tertiary/aromatic N) is 2. The molecule has 22 heavy (non-hydrogen) atoms. The van der Waals surface area contributed by atoms with Crippen molar-refractivity contribution < 1.29 is 4.79 Å². The first kappa shape index (κ1) is 14.6. The zero-order valence-corrected chi connectivity index (χ0v) is 13.2. The molecule has 1 aliphatic rings. The quantitative estimate of drug-likeness (QED) is 0.852. The molecule has 1 atom stereocenters. The van der Waals surface area contributed by atoms with E-state index < -0.39 is 0 Å². The number of rotatable bonds is 2. The number of nitrogens with one attached hydrogen (secondary N) is 1. The zero-order valence-electron chi connectivity index (χ0n) is 13.2. The third-order valence-corrected chi connectivity index (χ3v) is 4.05. The van der Waals surface area contributed by atoms with E-state index >= 15 is 0 Å². The van der Waals surface area contributed by atoms with Crippen molar-refractivity contribution in [1.82, 2.24) is 9.88 Å². The van der Waals surface area contributed by atoms with Gasteiger partial charge in [0.2, 0.25) is 0 Å². The van der Waals surface area contributed by atoms with Crippen molar-refractivity contribution in [3.63, 3.8) is 0 Å². The second-order valence-corrected chi connectivity index (χ2v) is 6.07. The van der Waals surface area contributed by atoms with Crippen LogP contribution in [0, 0.1) is 12.8 Å². The maximum Gasteiger partial charge on any atom is 0.322 e. The van der Waals surface area contributed by atoms with Crippen molar-refractivity contribution in [2.75, 3.05) is 11.9 Å². The van der Waals surface area contributed by atoms with E-state index in [1.807, 2.05) is 42.2 Å². The van der Waals surface area contributed by atoms with Crippen molar-refractivity contribution in [2.24, 2.45) is 5.92 Å². The molecule has 2 heterocycles. The maximum absolute atomic E-state index is 12.6. The predicted molar refractivity (Wildman–Crippen MR) is 90.0 cm³/mol. The first-order valence-electron chi connectivity index (χ1n) is 7.67. The molecule has 114 valence electrons. The highest BCUT2D eigenvalue weighted by atomic mass is 16.2. The van der Waals surface area contributed by atoms with E-state index in [2.05, 4.69) is 36.3 Å². The summed E-state index contributed by atoms with van der Waals surface area (Å²) in [6.45, 7) is 6.89. The summed E-state index contributed by atoms with van der Waals surface area (Å²) >= 11 is 0. The summed E-state index contributed by atoms with van der Waals surface area (Å²) in [5, 5.41) is 4.01. The Morgan fingerprint density at radius 1 is 1.32 bits per heavy atom. The number of amides is 2. The minimum absolute atomic E-state index is 0.0585. The van der Waals surface area contributed by atoms with Gasteiger partial charge in [0, 0.05) is 17.6 Å². The summed E-state index contributed by atoms with van der Waals surface area (Å²) in [6.07, 6.45) is 4.16. The third-order valence-electron chi connectivity index (χ3n) is 4.05. The molecule has 0 bridgehead atoms. The molecule has 0 fully saturated rings. The Morgan fingerprint density at radius 3 is 2.91 bits per heavy atom. The Kier molecular flexibility index (Phi) is 3.84. The first-order valence-corrected chi connectivity index (χ1v) is 7.67. The summed E-state index contributed by atoms with van der Waals surface area (Å²) < 4.78 is 0. The number of benzene rings is 1. The van der Waals surface area contributed by atoms with Gasteiger partial charge in [-0.2, -0.15) is 0 Å². The highest BCUT2D eigenvalue weighted by Crippen LogP contribution is 2.24. The van der Waals surface area contributed by atoms with E-state index in [0.29, 0.717) is 12.5 Å². The van der Waals surface area contributed by atoms with Crippen LogP contribution in [0.1, 0.15) is 19.5 Å². The van der Waals surface area contributed by atoms with Crippen LogP contribution in [-0.2, 0) is 0 Å². The number of hydrogen-bond acceptors (Lipinski definition) is 2. The molecule has 1 aromatic carbocycles. The van der Waals surface area contributed by atoms with Gasteiger partial charge in [-0.15, -0.1) is 0 Å². The average Bonchev–Trinajstić information content (AvgIpc) is 2.97. The van der Waals surface area contributed by atoms with Crippen molar-refractivity contribution in [1.29, 1.82) is 0 Å². The molecule has 1 N–H and O–H groups in total. The van der Waals surface area contributed by atoms with Crippen LogP contribution < -0.4 is 5.32 Å². The molecule has 0 saturated heterocycles. The number of hydrogen-bond donors (Lipinski definition) is 1. The van der Waals surface area contributed by atoms with E-state index in [1.54, 1.807) is 0 Å². The zero-order chi connectivity index (χ0) is 15.7.